The summed E-state index contributed by atoms with van der Waals surface area (Å²) in [5.41, 5.74) is 0. The Kier molecular flexibility index (Phi) is 1.77. The second-order valence-electron chi connectivity index (χ2n) is 0.922. The molecular formula is C4H7O2S+. The van der Waals surface area contributed by atoms with Crippen LogP contribution in [-0.2, 0) is 9.84 Å². The van der Waals surface area contributed by atoms with Crippen molar-refractivity contribution in [3.05, 3.63) is 24.0 Å². The van der Waals surface area contributed by atoms with Crippen LogP contribution in [0.25, 0.3) is 0 Å². The Labute approximate surface area is 44.6 Å². The highest BCUT2D eigenvalue weighted by atomic mass is 32.2. The lowest BCUT2D eigenvalue weighted by molar-refractivity contribution is 0.613. The fourth-order valence-corrected chi connectivity index (χ4v) is 0.204. The summed E-state index contributed by atoms with van der Waals surface area (Å²) < 4.78 is 20.3. The molecule has 0 bridgehead atoms. The van der Waals surface area contributed by atoms with Crippen molar-refractivity contribution in [2.75, 3.05) is 0 Å². The van der Waals surface area contributed by atoms with Gasteiger partial charge in [0.1, 0.15) is 0 Å². The molecule has 0 saturated carbocycles. The Morgan fingerprint density at radius 1 is 1.29 bits per heavy atom. The van der Waals surface area contributed by atoms with Crippen molar-refractivity contribution in [3.63, 3.8) is 0 Å². The fraction of sp³-hybridized carbons (Fsp3) is 0. The van der Waals surface area contributed by atoms with Crippen molar-refractivity contribution < 1.29 is 9.84 Å². The minimum atomic E-state index is -3.13. The SMILES string of the molecule is C=CS(=O)(=O)C=C.[H+]. The smallest absolute Gasteiger partial charge is 0.220 e. The van der Waals surface area contributed by atoms with E-state index in [0.717, 1.165) is 10.8 Å². The molecular weight excluding hydrogens is 112 g/mol. The molecule has 0 aliphatic carbocycles. The first-order valence-corrected chi connectivity index (χ1v) is 3.23. The van der Waals surface area contributed by atoms with E-state index in [-0.39, 0.29) is 1.43 Å². The van der Waals surface area contributed by atoms with Gasteiger partial charge in [0.25, 0.3) is 0 Å². The van der Waals surface area contributed by atoms with Gasteiger partial charge >= 0.3 is 1.43 Å². The molecule has 0 aromatic carbocycles. The number of hydrogen-bond acceptors (Lipinski definition) is 2. The Bertz CT molecular complexity index is 154. The average Bonchev–Trinajstić information content (AvgIpc) is 1.68. The van der Waals surface area contributed by atoms with E-state index < -0.39 is 9.84 Å². The molecule has 0 radical (unpaired) electrons. The Morgan fingerprint density at radius 2 is 1.57 bits per heavy atom. The van der Waals surface area contributed by atoms with Crippen LogP contribution >= 0.6 is 0 Å². The van der Waals surface area contributed by atoms with Crippen LogP contribution in [0, 0.1) is 0 Å². The average molecular weight is 119 g/mol. The zero-order valence-corrected chi connectivity index (χ0v) is 4.61. The van der Waals surface area contributed by atoms with Gasteiger partial charge in [-0.3, -0.25) is 0 Å². The lowest BCUT2D eigenvalue weighted by Crippen LogP contribution is -1.83. The van der Waals surface area contributed by atoms with Crippen LogP contribution in [0.1, 0.15) is 1.43 Å². The third kappa shape index (κ3) is 2.17. The Morgan fingerprint density at radius 3 is 1.57 bits per heavy atom. The second kappa shape index (κ2) is 1.93. The Hall–Kier alpha value is -0.570. The summed E-state index contributed by atoms with van der Waals surface area (Å²) in [6.07, 6.45) is 0. The Balaban J connectivity index is 0. The van der Waals surface area contributed by atoms with Gasteiger partial charge in [-0.15, -0.1) is 0 Å². The lowest BCUT2D eigenvalue weighted by atomic mass is 11.3. The van der Waals surface area contributed by atoms with Gasteiger partial charge in [0.2, 0.25) is 0 Å². The summed E-state index contributed by atoms with van der Waals surface area (Å²) in [7, 11) is -3.13. The molecule has 0 aliphatic rings. The largest absolute Gasteiger partial charge is 1.00 e. The number of rotatable bonds is 2. The van der Waals surface area contributed by atoms with Crippen molar-refractivity contribution in [1.29, 1.82) is 0 Å². The van der Waals surface area contributed by atoms with Gasteiger partial charge in [0.05, 0.1) is 0 Å². The van der Waals surface area contributed by atoms with Crippen LogP contribution in [0.15, 0.2) is 24.0 Å². The van der Waals surface area contributed by atoms with Gasteiger partial charge in [-0.05, 0) is 0 Å². The van der Waals surface area contributed by atoms with E-state index in [0.29, 0.717) is 0 Å². The van der Waals surface area contributed by atoms with Crippen molar-refractivity contribution in [1.82, 2.24) is 0 Å². The summed E-state index contributed by atoms with van der Waals surface area (Å²) in [4.78, 5) is 0. The standard InChI is InChI=1S/C4H6O2S/c1-3-7(5,6)4-2/h3-4H,1-2H2/p+1. The molecule has 7 heavy (non-hydrogen) atoms. The van der Waals surface area contributed by atoms with Crippen LogP contribution in [0.4, 0.5) is 0 Å². The molecule has 0 fully saturated rings. The number of hydrogen-bond donors (Lipinski definition) is 0. The van der Waals surface area contributed by atoms with Crippen molar-refractivity contribution >= 4 is 9.84 Å². The van der Waals surface area contributed by atoms with Gasteiger partial charge in [0, 0.05) is 10.8 Å². The van der Waals surface area contributed by atoms with Gasteiger partial charge < -0.3 is 0 Å². The predicted octanol–water partition coefficient (Wildman–Crippen LogP) is 0.801. The molecule has 0 aromatic heterocycles. The van der Waals surface area contributed by atoms with Crippen molar-refractivity contribution in [2.45, 2.75) is 0 Å². The minimum absolute atomic E-state index is 0. The van der Waals surface area contributed by atoms with Gasteiger partial charge in [-0.1, -0.05) is 13.2 Å². The van der Waals surface area contributed by atoms with Crippen LogP contribution in [0.2, 0.25) is 0 Å². The van der Waals surface area contributed by atoms with Gasteiger partial charge in [-0.25, -0.2) is 8.42 Å². The lowest BCUT2D eigenvalue weighted by Gasteiger charge is -1.78. The van der Waals surface area contributed by atoms with E-state index in [2.05, 4.69) is 13.2 Å². The summed E-state index contributed by atoms with van der Waals surface area (Å²) in [5, 5.41) is 1.69. The third-order valence-electron chi connectivity index (χ3n) is 0.465. The molecule has 0 aliphatic heterocycles. The van der Waals surface area contributed by atoms with E-state index in [9.17, 15) is 8.42 Å². The van der Waals surface area contributed by atoms with E-state index in [4.69, 9.17) is 0 Å². The summed E-state index contributed by atoms with van der Waals surface area (Å²) in [5.74, 6) is 0. The maximum Gasteiger partial charge on any atom is 1.00 e. The first-order valence-electron chi connectivity index (χ1n) is 1.62. The second-order valence-corrected chi connectivity index (χ2v) is 2.77. The third-order valence-corrected chi connectivity index (χ3v) is 1.39. The van der Waals surface area contributed by atoms with Crippen LogP contribution in [0.3, 0.4) is 0 Å². The molecule has 0 atom stereocenters. The molecule has 0 N–H and O–H groups in total. The summed E-state index contributed by atoms with van der Waals surface area (Å²) in [6, 6.07) is 0. The quantitative estimate of drug-likeness (QED) is 0.538. The van der Waals surface area contributed by atoms with E-state index in [1.807, 2.05) is 0 Å². The maximum absolute atomic E-state index is 10.1. The highest BCUT2D eigenvalue weighted by Gasteiger charge is 1.90. The molecule has 2 nitrogen and oxygen atoms in total. The van der Waals surface area contributed by atoms with Gasteiger partial charge in [0.15, 0.2) is 9.84 Å². The zero-order valence-electron chi connectivity index (χ0n) is 4.79. The molecule has 0 saturated heterocycles. The monoisotopic (exact) mass is 119 g/mol. The zero-order chi connectivity index (χ0) is 5.91. The molecule has 40 valence electrons. The van der Waals surface area contributed by atoms with Crippen LogP contribution < -0.4 is 0 Å². The first-order chi connectivity index (χ1) is 3.12. The van der Waals surface area contributed by atoms with E-state index >= 15 is 0 Å². The predicted molar refractivity (Wildman–Crippen MR) is 30.4 cm³/mol. The van der Waals surface area contributed by atoms with Crippen molar-refractivity contribution in [2.24, 2.45) is 0 Å². The molecule has 0 aromatic rings. The molecule has 0 spiro atoms. The molecule has 0 unspecified atom stereocenters. The van der Waals surface area contributed by atoms with E-state index in [1.165, 1.54) is 0 Å². The first kappa shape index (κ1) is 6.43. The molecule has 3 heteroatoms. The fourth-order valence-electron chi connectivity index (χ4n) is 0.0680. The normalized spacial score (nSPS) is 10.3. The topological polar surface area (TPSA) is 34.1 Å². The number of sulfone groups is 1. The van der Waals surface area contributed by atoms with Crippen LogP contribution in [-0.4, -0.2) is 8.42 Å². The highest BCUT2D eigenvalue weighted by molar-refractivity contribution is 7.97. The molecule has 0 amide bonds. The van der Waals surface area contributed by atoms with E-state index in [1.54, 1.807) is 0 Å². The maximum atomic E-state index is 10.1. The minimum Gasteiger partial charge on any atom is -0.220 e. The molecule has 0 heterocycles. The summed E-state index contributed by atoms with van der Waals surface area (Å²) >= 11 is 0. The van der Waals surface area contributed by atoms with Crippen molar-refractivity contribution in [3.8, 4) is 0 Å². The van der Waals surface area contributed by atoms with Gasteiger partial charge in [-0.2, -0.15) is 0 Å². The highest BCUT2D eigenvalue weighted by Crippen LogP contribution is 1.87. The van der Waals surface area contributed by atoms with Crippen LogP contribution in [0.5, 0.6) is 0 Å². The summed E-state index contributed by atoms with van der Waals surface area (Å²) in [6.45, 7) is 6.09. The molecule has 0 rings (SSSR count).